The van der Waals surface area contributed by atoms with E-state index in [0.717, 1.165) is 99.1 Å². The third kappa shape index (κ3) is 3.12. The monoisotopic (exact) mass is 551 g/mol. The first-order valence-corrected chi connectivity index (χ1v) is 14.4. The van der Waals surface area contributed by atoms with Gasteiger partial charge in [0.2, 0.25) is 0 Å². The zero-order valence-electron chi connectivity index (χ0n) is 22.8. The van der Waals surface area contributed by atoms with Gasteiger partial charge in [-0.15, -0.1) is 0 Å². The molecule has 4 nitrogen and oxygen atoms in total. The van der Waals surface area contributed by atoms with E-state index in [-0.39, 0.29) is 0 Å². The third-order valence-corrected chi connectivity index (χ3v) is 8.65. The van der Waals surface area contributed by atoms with E-state index < -0.39 is 0 Å². The van der Waals surface area contributed by atoms with Crippen molar-refractivity contribution in [3.63, 3.8) is 0 Å². The average molecular weight is 552 g/mol. The van der Waals surface area contributed by atoms with Crippen molar-refractivity contribution in [2.24, 2.45) is 0 Å². The molecule has 0 aliphatic rings. The van der Waals surface area contributed by atoms with Crippen LogP contribution in [0.2, 0.25) is 0 Å². The number of furan rings is 3. The molecule has 4 aromatic heterocycles. The summed E-state index contributed by atoms with van der Waals surface area (Å²) in [5.41, 5.74) is 10.8. The van der Waals surface area contributed by atoms with Gasteiger partial charge in [0, 0.05) is 37.9 Å². The Balaban J connectivity index is 1.33. The van der Waals surface area contributed by atoms with Crippen LogP contribution in [0.25, 0.3) is 99.1 Å². The highest BCUT2D eigenvalue weighted by atomic mass is 16.3. The van der Waals surface area contributed by atoms with Crippen molar-refractivity contribution in [2.45, 2.75) is 0 Å². The number of fused-ring (bicyclic) bond motifs is 10. The summed E-state index contributed by atoms with van der Waals surface area (Å²) in [6.45, 7) is 0. The Morgan fingerprint density at radius 3 is 1.56 bits per heavy atom. The number of hydrogen-bond acceptors (Lipinski definition) is 4. The molecule has 0 spiro atoms. The van der Waals surface area contributed by atoms with Crippen molar-refractivity contribution < 1.29 is 13.3 Å². The fraction of sp³-hybridized carbons (Fsp3) is 0. The van der Waals surface area contributed by atoms with Crippen molar-refractivity contribution in [3.05, 3.63) is 127 Å². The van der Waals surface area contributed by atoms with Gasteiger partial charge in [-0.25, -0.2) is 4.98 Å². The van der Waals surface area contributed by atoms with Crippen LogP contribution in [-0.4, -0.2) is 4.98 Å². The maximum absolute atomic E-state index is 6.58. The van der Waals surface area contributed by atoms with Crippen molar-refractivity contribution in [2.75, 3.05) is 0 Å². The molecule has 0 aliphatic carbocycles. The lowest BCUT2D eigenvalue weighted by Gasteiger charge is -2.11. The number of benzene rings is 6. The maximum atomic E-state index is 6.58. The minimum absolute atomic E-state index is 0.785. The molecule has 0 saturated heterocycles. The Morgan fingerprint density at radius 2 is 0.884 bits per heavy atom. The number of hydrogen-bond donors (Lipinski definition) is 0. The highest BCUT2D eigenvalue weighted by molar-refractivity contribution is 6.22. The van der Waals surface area contributed by atoms with Gasteiger partial charge >= 0.3 is 0 Å². The van der Waals surface area contributed by atoms with Gasteiger partial charge in [-0.2, -0.15) is 0 Å². The SMILES string of the molecule is c1cc(-c2c3oc4ccccc4c3cc3c2oc2ccccc23)cc(-c2c3ccccc3nc3c2oc2ccccc23)c1. The van der Waals surface area contributed by atoms with Gasteiger partial charge in [0.05, 0.1) is 11.1 Å². The molecule has 0 fully saturated rings. The predicted octanol–water partition coefficient (Wildman–Crippen LogP) is 11.3. The molecule has 0 saturated carbocycles. The highest BCUT2D eigenvalue weighted by Gasteiger charge is 2.23. The van der Waals surface area contributed by atoms with E-state index in [0.29, 0.717) is 0 Å². The normalized spacial score (nSPS) is 12.2. The number of para-hydroxylation sites is 4. The largest absolute Gasteiger partial charge is 0.455 e. The van der Waals surface area contributed by atoms with Crippen LogP contribution in [0.3, 0.4) is 0 Å². The van der Waals surface area contributed by atoms with Crippen LogP contribution in [-0.2, 0) is 0 Å². The molecule has 10 rings (SSSR count). The zero-order valence-corrected chi connectivity index (χ0v) is 22.8. The molecule has 0 bridgehead atoms. The van der Waals surface area contributed by atoms with Crippen LogP contribution in [0.5, 0.6) is 0 Å². The lowest BCUT2D eigenvalue weighted by molar-refractivity contribution is 0.658. The first kappa shape index (κ1) is 22.8. The Hall–Kier alpha value is -5.87. The second-order valence-corrected chi connectivity index (χ2v) is 11.1. The van der Waals surface area contributed by atoms with Crippen LogP contribution in [0.15, 0.2) is 141 Å². The molecule has 0 amide bonds. The molecule has 0 atom stereocenters. The summed E-state index contributed by atoms with van der Waals surface area (Å²) in [6.07, 6.45) is 0. The zero-order chi connectivity index (χ0) is 28.1. The predicted molar refractivity (Wildman–Crippen MR) is 174 cm³/mol. The molecular formula is C39H21NO3. The van der Waals surface area contributed by atoms with Crippen LogP contribution in [0.1, 0.15) is 0 Å². The second-order valence-electron chi connectivity index (χ2n) is 11.1. The van der Waals surface area contributed by atoms with E-state index in [4.69, 9.17) is 18.2 Å². The fourth-order valence-electron chi connectivity index (χ4n) is 6.75. The summed E-state index contributed by atoms with van der Waals surface area (Å²) in [5, 5.41) is 6.38. The third-order valence-electron chi connectivity index (χ3n) is 8.65. The van der Waals surface area contributed by atoms with E-state index in [2.05, 4.69) is 78.9 Å². The summed E-state index contributed by atoms with van der Waals surface area (Å²) in [6, 6.07) is 43.6. The quantitative estimate of drug-likeness (QED) is 0.214. The van der Waals surface area contributed by atoms with Gasteiger partial charge in [-0.3, -0.25) is 0 Å². The van der Waals surface area contributed by atoms with Gasteiger partial charge in [0.15, 0.2) is 5.58 Å². The van der Waals surface area contributed by atoms with E-state index in [9.17, 15) is 0 Å². The molecule has 43 heavy (non-hydrogen) atoms. The molecule has 0 aliphatic heterocycles. The van der Waals surface area contributed by atoms with E-state index >= 15 is 0 Å². The van der Waals surface area contributed by atoms with E-state index in [1.807, 2.05) is 48.5 Å². The Labute approximate surface area is 244 Å². The average Bonchev–Trinajstić information content (AvgIpc) is 3.73. The van der Waals surface area contributed by atoms with Gasteiger partial charge < -0.3 is 13.3 Å². The minimum atomic E-state index is 0.785. The van der Waals surface area contributed by atoms with Gasteiger partial charge in [-0.05, 0) is 53.6 Å². The molecule has 200 valence electrons. The smallest absolute Gasteiger partial charge is 0.162 e. The van der Waals surface area contributed by atoms with E-state index in [1.54, 1.807) is 0 Å². The molecule has 0 unspecified atom stereocenters. The first-order chi connectivity index (χ1) is 21.3. The number of pyridine rings is 1. The van der Waals surface area contributed by atoms with Crippen molar-refractivity contribution in [3.8, 4) is 22.3 Å². The van der Waals surface area contributed by atoms with Crippen molar-refractivity contribution in [1.82, 2.24) is 4.98 Å². The maximum Gasteiger partial charge on any atom is 0.162 e. The Bertz CT molecular complexity index is 2650. The van der Waals surface area contributed by atoms with Crippen LogP contribution >= 0.6 is 0 Å². The summed E-state index contributed by atoms with van der Waals surface area (Å²) in [4.78, 5) is 5.04. The molecule has 4 heteroatoms. The van der Waals surface area contributed by atoms with E-state index in [1.165, 1.54) is 0 Å². The standard InChI is InChI=1S/C39H21NO3/c1-5-16-30-26(14-1)34(39-36(40-30)27-15-4-8-19-33(27)43-39)22-10-9-11-23(20-22)35-37-28(24-12-2-6-17-31(24)41-37)21-29-25-13-3-7-18-32(25)42-38(29)35/h1-21H. The summed E-state index contributed by atoms with van der Waals surface area (Å²) >= 11 is 0. The number of rotatable bonds is 2. The first-order valence-electron chi connectivity index (χ1n) is 14.4. The highest BCUT2D eigenvalue weighted by Crippen LogP contribution is 2.46. The van der Waals surface area contributed by atoms with Crippen LogP contribution in [0, 0.1) is 0 Å². The van der Waals surface area contributed by atoms with Crippen LogP contribution < -0.4 is 0 Å². The molecule has 0 N–H and O–H groups in total. The number of aromatic nitrogens is 1. The van der Waals surface area contributed by atoms with Gasteiger partial charge in [0.25, 0.3) is 0 Å². The fourth-order valence-corrected chi connectivity index (χ4v) is 6.75. The number of nitrogens with zero attached hydrogens (tertiary/aromatic N) is 1. The summed E-state index contributed by atoms with van der Waals surface area (Å²) in [7, 11) is 0. The molecule has 4 heterocycles. The molecule has 10 aromatic rings. The van der Waals surface area contributed by atoms with Crippen LogP contribution in [0.4, 0.5) is 0 Å². The van der Waals surface area contributed by atoms with Gasteiger partial charge in [0.1, 0.15) is 33.4 Å². The molecule has 6 aromatic carbocycles. The summed E-state index contributed by atoms with van der Waals surface area (Å²) in [5.74, 6) is 0. The molecular weight excluding hydrogens is 530 g/mol. The lowest BCUT2D eigenvalue weighted by Crippen LogP contribution is -1.88. The van der Waals surface area contributed by atoms with Crippen molar-refractivity contribution in [1.29, 1.82) is 0 Å². The second kappa shape index (κ2) is 8.34. The topological polar surface area (TPSA) is 52.3 Å². The molecule has 0 radical (unpaired) electrons. The lowest BCUT2D eigenvalue weighted by atomic mass is 9.94. The Morgan fingerprint density at radius 1 is 0.372 bits per heavy atom. The minimum Gasteiger partial charge on any atom is -0.455 e. The Kier molecular flexibility index (Phi) is 4.42. The summed E-state index contributed by atoms with van der Waals surface area (Å²) < 4.78 is 19.7. The van der Waals surface area contributed by atoms with Gasteiger partial charge in [-0.1, -0.05) is 84.9 Å². The van der Waals surface area contributed by atoms with Crippen molar-refractivity contribution >= 4 is 76.8 Å².